The molecule has 1 aromatic heterocycles. The maximum Gasteiger partial charge on any atom is 0.362 e. The second kappa shape index (κ2) is 15.0. The summed E-state index contributed by atoms with van der Waals surface area (Å²) in [7, 11) is 3.18. The van der Waals surface area contributed by atoms with E-state index < -0.39 is 30.4 Å². The largest absolute Gasteiger partial charge is 0.371 e. The SMILES string of the molecule is CN(C)P(=O)(Cl)OC[C@@H]1CN(C(c2ccccc2)(c2ccccc2)c2ccccc2)C(n2ccc(NC(=O)c3ccccc3)nc2=O)CO1. The van der Waals surface area contributed by atoms with Gasteiger partial charge in [0.25, 0.3) is 5.91 Å². The van der Waals surface area contributed by atoms with Crippen molar-refractivity contribution in [1.82, 2.24) is 19.1 Å². The molecule has 49 heavy (non-hydrogen) atoms. The van der Waals surface area contributed by atoms with Gasteiger partial charge in [0.15, 0.2) is 0 Å². The average molecular weight is 698 g/mol. The number of amides is 1. The third kappa shape index (κ3) is 7.31. The number of carbonyl (C=O) groups is 1. The van der Waals surface area contributed by atoms with E-state index in [1.54, 1.807) is 50.6 Å². The van der Waals surface area contributed by atoms with Crippen LogP contribution in [0.15, 0.2) is 138 Å². The van der Waals surface area contributed by atoms with Crippen LogP contribution in [-0.2, 0) is 19.4 Å². The summed E-state index contributed by atoms with van der Waals surface area (Å²) in [6.45, 7) is -3.31. The Kier molecular flexibility index (Phi) is 10.6. The van der Waals surface area contributed by atoms with Crippen molar-refractivity contribution in [2.75, 3.05) is 39.2 Å². The van der Waals surface area contributed by atoms with Gasteiger partial charge in [0.05, 0.1) is 24.9 Å². The highest BCUT2D eigenvalue weighted by Gasteiger charge is 2.49. The first-order chi connectivity index (χ1) is 23.7. The maximum atomic E-state index is 13.9. The summed E-state index contributed by atoms with van der Waals surface area (Å²) in [4.78, 5) is 33.2. The van der Waals surface area contributed by atoms with E-state index in [1.807, 2.05) is 60.7 Å². The van der Waals surface area contributed by atoms with Crippen LogP contribution >= 0.6 is 18.1 Å². The first-order valence-corrected chi connectivity index (χ1v) is 18.3. The van der Waals surface area contributed by atoms with Crippen LogP contribution in [-0.4, -0.2) is 65.0 Å². The van der Waals surface area contributed by atoms with Gasteiger partial charge in [-0.05, 0) is 60.2 Å². The fourth-order valence-corrected chi connectivity index (χ4v) is 6.96. The van der Waals surface area contributed by atoms with Crippen LogP contribution in [0.2, 0.25) is 0 Å². The molecule has 0 saturated carbocycles. The van der Waals surface area contributed by atoms with Gasteiger partial charge in [0.2, 0.25) is 0 Å². The van der Waals surface area contributed by atoms with Crippen LogP contribution in [0.4, 0.5) is 5.82 Å². The van der Waals surface area contributed by atoms with E-state index in [1.165, 1.54) is 9.24 Å². The predicted molar refractivity (Wildman–Crippen MR) is 191 cm³/mol. The van der Waals surface area contributed by atoms with Crippen LogP contribution in [0.25, 0.3) is 0 Å². The van der Waals surface area contributed by atoms with Gasteiger partial charge in [-0.2, -0.15) is 4.98 Å². The lowest BCUT2D eigenvalue weighted by atomic mass is 9.74. The monoisotopic (exact) mass is 697 g/mol. The average Bonchev–Trinajstić information content (AvgIpc) is 3.13. The maximum absolute atomic E-state index is 13.9. The van der Waals surface area contributed by atoms with Crippen molar-refractivity contribution in [2.45, 2.75) is 17.8 Å². The van der Waals surface area contributed by atoms with Gasteiger partial charge < -0.3 is 14.6 Å². The molecule has 3 atom stereocenters. The zero-order chi connectivity index (χ0) is 34.4. The number of hydrogen-bond acceptors (Lipinski definition) is 7. The fraction of sp³-hybridized carbons (Fsp3) is 0.216. The summed E-state index contributed by atoms with van der Waals surface area (Å²) in [5, 5.41) is 2.73. The van der Waals surface area contributed by atoms with E-state index in [9.17, 15) is 14.2 Å². The zero-order valence-electron chi connectivity index (χ0n) is 27.1. The number of hydrogen-bond donors (Lipinski definition) is 1. The Morgan fingerprint density at radius 2 is 1.41 bits per heavy atom. The van der Waals surface area contributed by atoms with E-state index in [4.69, 9.17) is 20.5 Å². The Bertz CT molecular complexity index is 1870. The molecule has 0 aliphatic carbocycles. The summed E-state index contributed by atoms with van der Waals surface area (Å²) in [6, 6.07) is 40.6. The van der Waals surface area contributed by atoms with E-state index in [-0.39, 0.29) is 31.5 Å². The third-order valence-corrected chi connectivity index (χ3v) is 11.2. The standard InChI is InChI=1S/C37H37ClN5O5P/c1-41(2)49(38,46)48-26-32-25-43(34(27-47-32)42-24-23-33(40-36(42)45)39-35(44)28-15-7-3-8-16-28)37(29-17-9-4-10-18-29,30-19-11-5-12-20-30)31-21-13-6-14-22-31/h3-24,32,34H,25-27H2,1-2H3,(H,39,40,44,45)/t32-,34?,49?/m0/s1. The minimum Gasteiger partial charge on any atom is -0.371 e. The molecule has 1 aliphatic heterocycles. The lowest BCUT2D eigenvalue weighted by molar-refractivity contribution is -0.126. The number of ether oxygens (including phenoxy) is 1. The van der Waals surface area contributed by atoms with Crippen LogP contribution in [0.5, 0.6) is 0 Å². The van der Waals surface area contributed by atoms with E-state index in [0.717, 1.165) is 16.7 Å². The molecule has 2 unspecified atom stereocenters. The van der Waals surface area contributed by atoms with Gasteiger partial charge in [0, 0.05) is 18.3 Å². The molecule has 252 valence electrons. The second-order valence-electron chi connectivity index (χ2n) is 11.8. The van der Waals surface area contributed by atoms with Gasteiger partial charge >= 0.3 is 12.6 Å². The van der Waals surface area contributed by atoms with Crippen LogP contribution < -0.4 is 11.0 Å². The summed E-state index contributed by atoms with van der Waals surface area (Å²) in [6.07, 6.45) is 0.387. The lowest BCUT2D eigenvalue weighted by Gasteiger charge is -2.52. The molecule has 1 N–H and O–H groups in total. The molecule has 6 rings (SSSR count). The number of rotatable bonds is 11. The molecule has 4 aromatic carbocycles. The third-order valence-electron chi connectivity index (χ3n) is 8.57. The van der Waals surface area contributed by atoms with Crippen molar-refractivity contribution < 1.29 is 18.6 Å². The van der Waals surface area contributed by atoms with Gasteiger partial charge in [-0.3, -0.25) is 18.8 Å². The molecular weight excluding hydrogens is 661 g/mol. The highest BCUT2D eigenvalue weighted by atomic mass is 35.7. The summed E-state index contributed by atoms with van der Waals surface area (Å²) < 4.78 is 27.9. The number of carbonyl (C=O) groups excluding carboxylic acids is 1. The zero-order valence-corrected chi connectivity index (χ0v) is 28.8. The lowest BCUT2D eigenvalue weighted by Crippen LogP contribution is -2.59. The Hall–Kier alpha value is -4.41. The minimum atomic E-state index is -3.58. The summed E-state index contributed by atoms with van der Waals surface area (Å²) in [5.41, 5.74) is 1.82. The van der Waals surface area contributed by atoms with Crippen molar-refractivity contribution in [3.8, 4) is 0 Å². The van der Waals surface area contributed by atoms with Gasteiger partial charge in [-0.25, -0.2) is 9.46 Å². The number of anilines is 1. The number of nitrogens with one attached hydrogen (secondary N) is 1. The normalized spacial score (nSPS) is 18.1. The molecule has 0 bridgehead atoms. The van der Waals surface area contributed by atoms with Gasteiger partial charge in [0.1, 0.15) is 12.0 Å². The van der Waals surface area contributed by atoms with Crippen LogP contribution in [0, 0.1) is 0 Å². The summed E-state index contributed by atoms with van der Waals surface area (Å²) >= 11 is 6.25. The highest BCUT2D eigenvalue weighted by Crippen LogP contribution is 2.54. The molecule has 1 fully saturated rings. The number of morpholine rings is 1. The Balaban J connectivity index is 1.48. The predicted octanol–water partition coefficient (Wildman–Crippen LogP) is 6.61. The van der Waals surface area contributed by atoms with E-state index in [2.05, 4.69) is 51.6 Å². The highest BCUT2D eigenvalue weighted by molar-refractivity contribution is 7.83. The number of benzene rings is 4. The molecule has 0 spiro atoms. The first-order valence-electron chi connectivity index (χ1n) is 15.8. The van der Waals surface area contributed by atoms with Crippen molar-refractivity contribution in [2.24, 2.45) is 0 Å². The van der Waals surface area contributed by atoms with E-state index >= 15 is 0 Å². The molecule has 0 radical (unpaired) electrons. The van der Waals surface area contributed by atoms with Gasteiger partial charge in [-0.1, -0.05) is 109 Å². The second-order valence-corrected chi connectivity index (χ2v) is 15.1. The quantitative estimate of drug-likeness (QED) is 0.121. The smallest absolute Gasteiger partial charge is 0.362 e. The molecule has 2 heterocycles. The molecule has 5 aromatic rings. The first kappa shape index (κ1) is 34.5. The van der Waals surface area contributed by atoms with E-state index in [0.29, 0.717) is 5.56 Å². The van der Waals surface area contributed by atoms with Crippen molar-refractivity contribution in [1.29, 1.82) is 0 Å². The summed E-state index contributed by atoms with van der Waals surface area (Å²) in [5.74, 6) is -0.243. The van der Waals surface area contributed by atoms with Crippen LogP contribution in [0.3, 0.4) is 0 Å². The molecule has 1 aliphatic rings. The van der Waals surface area contributed by atoms with Crippen molar-refractivity contribution >= 4 is 29.8 Å². The number of halogens is 1. The Morgan fingerprint density at radius 3 is 1.90 bits per heavy atom. The van der Waals surface area contributed by atoms with Crippen LogP contribution in [0.1, 0.15) is 33.2 Å². The molecule has 10 nitrogen and oxygen atoms in total. The van der Waals surface area contributed by atoms with Crippen molar-refractivity contribution in [3.63, 3.8) is 0 Å². The topological polar surface area (TPSA) is 106 Å². The van der Waals surface area contributed by atoms with Gasteiger partial charge in [-0.15, -0.1) is 0 Å². The minimum absolute atomic E-state index is 0.0474. The number of nitrogens with zero attached hydrogens (tertiary/aromatic N) is 4. The van der Waals surface area contributed by atoms with Crippen molar-refractivity contribution in [3.05, 3.63) is 166 Å². The molecule has 1 saturated heterocycles. The fourth-order valence-electron chi connectivity index (χ4n) is 6.21. The Labute approximate surface area is 290 Å². The molecule has 1 amide bonds. The molecular formula is C37H37ClN5O5P. The molecule has 12 heteroatoms. The Morgan fingerprint density at radius 1 is 0.898 bits per heavy atom. The number of aromatic nitrogens is 2.